The van der Waals surface area contributed by atoms with Gasteiger partial charge in [-0.15, -0.1) is 5.10 Å². The van der Waals surface area contributed by atoms with E-state index in [1.807, 2.05) is 31.2 Å². The minimum Gasteiger partial charge on any atom is -0.494 e. The third-order valence-corrected chi connectivity index (χ3v) is 6.81. The monoisotopic (exact) mass is 515 g/mol. The van der Waals surface area contributed by atoms with Crippen LogP contribution in [-0.4, -0.2) is 39.5 Å². The van der Waals surface area contributed by atoms with Crippen molar-refractivity contribution < 1.29 is 18.7 Å². The zero-order chi connectivity index (χ0) is 26.5. The summed E-state index contributed by atoms with van der Waals surface area (Å²) in [4.78, 5) is 29.2. The Morgan fingerprint density at radius 3 is 2.50 bits per heavy atom. The van der Waals surface area contributed by atoms with Crippen LogP contribution in [-0.2, 0) is 16.1 Å². The maximum absolute atomic E-state index is 15.2. The van der Waals surface area contributed by atoms with Crippen LogP contribution < -0.4 is 15.0 Å². The van der Waals surface area contributed by atoms with Crippen LogP contribution in [0.25, 0.3) is 11.0 Å². The Morgan fingerprint density at radius 1 is 1.05 bits per heavy atom. The fraction of sp³-hybridized carbons (Fsp3) is 0.310. The normalized spacial score (nSPS) is 14.4. The summed E-state index contributed by atoms with van der Waals surface area (Å²) >= 11 is 0. The number of benzene rings is 3. The molecule has 1 saturated carbocycles. The van der Waals surface area contributed by atoms with Gasteiger partial charge in [-0.2, -0.15) is 0 Å². The highest BCUT2D eigenvalue weighted by Gasteiger charge is 2.36. The first-order valence-corrected chi connectivity index (χ1v) is 12.9. The minimum absolute atomic E-state index is 0.00619. The Hall–Kier alpha value is -4.27. The Morgan fingerprint density at radius 2 is 1.76 bits per heavy atom. The highest BCUT2D eigenvalue weighted by atomic mass is 19.1. The fourth-order valence-corrected chi connectivity index (χ4v) is 4.99. The molecule has 1 N–H and O–H groups in total. The average Bonchev–Trinajstić information content (AvgIpc) is 3.59. The number of carbonyl (C=O) groups excluding carboxylic acids is 2. The van der Waals surface area contributed by atoms with Gasteiger partial charge in [-0.05, 0) is 62.2 Å². The summed E-state index contributed by atoms with van der Waals surface area (Å²) in [6, 6.07) is 19.1. The van der Waals surface area contributed by atoms with Gasteiger partial charge in [-0.25, -0.2) is 9.07 Å². The maximum Gasteiger partial charge on any atom is 0.249 e. The van der Waals surface area contributed by atoms with Crippen LogP contribution in [0.15, 0.2) is 72.8 Å². The van der Waals surface area contributed by atoms with Crippen LogP contribution in [0.3, 0.4) is 0 Å². The molecule has 1 heterocycles. The highest BCUT2D eigenvalue weighted by molar-refractivity contribution is 6.01. The summed E-state index contributed by atoms with van der Waals surface area (Å²) in [5.74, 6) is -0.787. The van der Waals surface area contributed by atoms with E-state index in [2.05, 4.69) is 15.6 Å². The number of hydrogen-bond donors (Lipinski definition) is 1. The number of para-hydroxylation sites is 1. The van der Waals surface area contributed by atoms with Gasteiger partial charge < -0.3 is 10.1 Å². The second kappa shape index (κ2) is 11.4. The lowest BCUT2D eigenvalue weighted by Gasteiger charge is -2.32. The SMILES string of the molecule is CCOc1ccc(N(C(=O)Cn2nnc3ccccc32)C(C(=O)NC2CCCC2)c2ccccc2F)cc1. The predicted molar refractivity (Wildman–Crippen MR) is 142 cm³/mol. The molecule has 1 aromatic heterocycles. The number of fused-ring (bicyclic) bond motifs is 1. The van der Waals surface area contributed by atoms with Crippen LogP contribution in [0, 0.1) is 5.82 Å². The van der Waals surface area contributed by atoms with Crippen molar-refractivity contribution in [2.24, 2.45) is 0 Å². The van der Waals surface area contributed by atoms with E-state index >= 15 is 4.39 Å². The van der Waals surface area contributed by atoms with Crippen molar-refractivity contribution in [3.8, 4) is 5.75 Å². The van der Waals surface area contributed by atoms with E-state index in [1.165, 1.54) is 15.6 Å². The van der Waals surface area contributed by atoms with Crippen molar-refractivity contribution in [1.29, 1.82) is 0 Å². The first-order valence-electron chi connectivity index (χ1n) is 12.9. The van der Waals surface area contributed by atoms with Crippen LogP contribution in [0.1, 0.15) is 44.2 Å². The third-order valence-electron chi connectivity index (χ3n) is 6.81. The summed E-state index contributed by atoms with van der Waals surface area (Å²) in [5.41, 5.74) is 1.90. The van der Waals surface area contributed by atoms with E-state index < -0.39 is 23.7 Å². The number of hydrogen-bond acceptors (Lipinski definition) is 5. The topological polar surface area (TPSA) is 89.3 Å². The van der Waals surface area contributed by atoms with Crippen LogP contribution in [0.5, 0.6) is 5.75 Å². The molecule has 8 nitrogen and oxygen atoms in total. The molecule has 1 fully saturated rings. The molecule has 1 unspecified atom stereocenters. The van der Waals surface area contributed by atoms with Crippen LogP contribution in [0.2, 0.25) is 0 Å². The summed E-state index contributed by atoms with van der Waals surface area (Å²) in [5, 5.41) is 11.4. The van der Waals surface area contributed by atoms with Crippen LogP contribution >= 0.6 is 0 Å². The second-order valence-corrected chi connectivity index (χ2v) is 9.34. The molecule has 4 aromatic rings. The van der Waals surface area contributed by atoms with Crippen molar-refractivity contribution in [2.45, 2.75) is 51.2 Å². The van der Waals surface area contributed by atoms with Gasteiger partial charge in [0.2, 0.25) is 11.8 Å². The van der Waals surface area contributed by atoms with Crippen molar-refractivity contribution in [3.63, 3.8) is 0 Å². The molecule has 0 spiro atoms. The number of nitrogens with zero attached hydrogens (tertiary/aromatic N) is 4. The molecular weight excluding hydrogens is 485 g/mol. The summed E-state index contributed by atoms with van der Waals surface area (Å²) in [6.45, 7) is 2.19. The van der Waals surface area contributed by atoms with E-state index in [0.29, 0.717) is 29.1 Å². The molecule has 196 valence electrons. The number of halogens is 1. The molecule has 1 atom stereocenters. The molecule has 0 radical (unpaired) electrons. The number of anilines is 1. The van der Waals surface area contributed by atoms with Gasteiger partial charge in [0.25, 0.3) is 0 Å². The van der Waals surface area contributed by atoms with E-state index in [9.17, 15) is 9.59 Å². The first kappa shape index (κ1) is 25.4. The Labute approximate surface area is 220 Å². The highest BCUT2D eigenvalue weighted by Crippen LogP contribution is 2.32. The van der Waals surface area contributed by atoms with Gasteiger partial charge in [0.05, 0.1) is 12.1 Å². The smallest absolute Gasteiger partial charge is 0.249 e. The lowest BCUT2D eigenvalue weighted by atomic mass is 10.0. The number of amides is 2. The van der Waals surface area contributed by atoms with Crippen LogP contribution in [0.4, 0.5) is 10.1 Å². The van der Waals surface area contributed by atoms with Crippen molar-refractivity contribution in [2.75, 3.05) is 11.5 Å². The number of rotatable bonds is 9. The van der Waals surface area contributed by atoms with Gasteiger partial charge in [0, 0.05) is 17.3 Å². The van der Waals surface area contributed by atoms with Gasteiger partial charge in [-0.3, -0.25) is 14.5 Å². The van der Waals surface area contributed by atoms with E-state index in [1.54, 1.807) is 42.5 Å². The number of aromatic nitrogens is 3. The van der Waals surface area contributed by atoms with Gasteiger partial charge in [-0.1, -0.05) is 48.4 Å². The minimum atomic E-state index is -1.22. The standard InChI is InChI=1S/C29H30FN5O3/c1-2-38-22-17-15-21(16-18-22)35(27(36)19-34-26-14-8-7-13-25(26)32-33-34)28(23-11-5-6-12-24(23)30)29(37)31-20-9-3-4-10-20/h5-8,11-18,20,28H,2-4,9-10,19H2,1H3,(H,31,37). The molecular formula is C29H30FN5O3. The Balaban J connectivity index is 1.57. The largest absolute Gasteiger partial charge is 0.494 e. The maximum atomic E-state index is 15.2. The van der Waals surface area contributed by atoms with Gasteiger partial charge in [0.15, 0.2) is 0 Å². The van der Waals surface area contributed by atoms with Gasteiger partial charge in [0.1, 0.15) is 29.7 Å². The first-order chi connectivity index (χ1) is 18.5. The Kier molecular flexibility index (Phi) is 7.62. The molecule has 38 heavy (non-hydrogen) atoms. The van der Waals surface area contributed by atoms with E-state index in [0.717, 1.165) is 25.7 Å². The molecule has 0 bridgehead atoms. The molecule has 3 aromatic carbocycles. The van der Waals surface area contributed by atoms with E-state index in [4.69, 9.17) is 4.74 Å². The number of ether oxygens (including phenoxy) is 1. The summed E-state index contributed by atoms with van der Waals surface area (Å²) in [6.07, 6.45) is 3.77. The quantitative estimate of drug-likeness (QED) is 0.346. The van der Waals surface area contributed by atoms with E-state index in [-0.39, 0.29) is 18.2 Å². The number of nitrogens with one attached hydrogen (secondary N) is 1. The fourth-order valence-electron chi connectivity index (χ4n) is 4.99. The van der Waals surface area contributed by atoms with Gasteiger partial charge >= 0.3 is 0 Å². The van der Waals surface area contributed by atoms with Crippen molar-refractivity contribution in [3.05, 3.63) is 84.2 Å². The predicted octanol–water partition coefficient (Wildman–Crippen LogP) is 4.80. The Bertz CT molecular complexity index is 1420. The molecule has 1 aliphatic rings. The summed E-state index contributed by atoms with van der Waals surface area (Å²) < 4.78 is 22.3. The lowest BCUT2D eigenvalue weighted by Crippen LogP contribution is -2.47. The van der Waals surface area contributed by atoms with Crippen molar-refractivity contribution >= 4 is 28.5 Å². The molecule has 5 rings (SSSR count). The molecule has 1 aliphatic carbocycles. The molecule has 9 heteroatoms. The molecule has 0 saturated heterocycles. The molecule has 0 aliphatic heterocycles. The molecule has 2 amide bonds. The average molecular weight is 516 g/mol. The second-order valence-electron chi connectivity index (χ2n) is 9.34. The zero-order valence-corrected chi connectivity index (χ0v) is 21.2. The summed E-state index contributed by atoms with van der Waals surface area (Å²) in [7, 11) is 0. The number of carbonyl (C=O) groups is 2. The van der Waals surface area contributed by atoms with Crippen molar-refractivity contribution in [1.82, 2.24) is 20.3 Å². The third kappa shape index (κ3) is 5.37. The lowest BCUT2D eigenvalue weighted by molar-refractivity contribution is -0.127. The zero-order valence-electron chi connectivity index (χ0n) is 21.2.